The van der Waals surface area contributed by atoms with E-state index < -0.39 is 0 Å². The number of nitrogens with two attached hydrogens (primary N) is 1. The molecule has 0 saturated carbocycles. The third-order valence-corrected chi connectivity index (χ3v) is 3.45. The first-order valence-corrected chi connectivity index (χ1v) is 6.81. The van der Waals surface area contributed by atoms with Crippen molar-refractivity contribution in [2.45, 2.75) is 13.0 Å². The van der Waals surface area contributed by atoms with Crippen LogP contribution >= 0.6 is 0 Å². The van der Waals surface area contributed by atoms with E-state index in [9.17, 15) is 4.39 Å². The van der Waals surface area contributed by atoms with Crippen LogP contribution < -0.4 is 11.1 Å². The summed E-state index contributed by atoms with van der Waals surface area (Å²) in [6, 6.07) is 16.0. The van der Waals surface area contributed by atoms with Crippen LogP contribution in [0.1, 0.15) is 18.5 Å². The van der Waals surface area contributed by atoms with Gasteiger partial charge < -0.3 is 11.1 Å². The quantitative estimate of drug-likeness (QED) is 0.710. The van der Waals surface area contributed by atoms with Crippen molar-refractivity contribution in [2.24, 2.45) is 0 Å². The van der Waals surface area contributed by atoms with Crippen LogP contribution in [0.25, 0.3) is 10.9 Å². The van der Waals surface area contributed by atoms with E-state index >= 15 is 0 Å². The summed E-state index contributed by atoms with van der Waals surface area (Å²) in [5.74, 6) is 0.495. The van der Waals surface area contributed by atoms with Gasteiger partial charge in [-0.15, -0.1) is 0 Å². The van der Waals surface area contributed by atoms with E-state index in [1.165, 1.54) is 6.07 Å². The normalized spacial score (nSPS) is 12.3. The van der Waals surface area contributed by atoms with Crippen molar-refractivity contribution in [3.05, 3.63) is 66.0 Å². The summed E-state index contributed by atoms with van der Waals surface area (Å²) >= 11 is 0. The summed E-state index contributed by atoms with van der Waals surface area (Å²) in [6.07, 6.45) is 0. The second-order valence-electron chi connectivity index (χ2n) is 5.04. The van der Waals surface area contributed by atoms with Crippen molar-refractivity contribution in [3.8, 4) is 0 Å². The summed E-state index contributed by atoms with van der Waals surface area (Å²) in [4.78, 5) is 4.52. The molecular weight excluding hydrogens is 265 g/mol. The first kappa shape index (κ1) is 13.4. The molecule has 3 aromatic rings. The standard InChI is InChI=1S/C17H16FN3/c1-11(14-4-2-3-5-15(14)18)20-17-9-6-12-10-13(19)7-8-16(12)21-17/h2-11H,19H2,1H3,(H,20,21). The van der Waals surface area contributed by atoms with Crippen molar-refractivity contribution in [3.63, 3.8) is 0 Å². The molecule has 0 aliphatic carbocycles. The molecule has 0 radical (unpaired) electrons. The number of hydrogen-bond acceptors (Lipinski definition) is 3. The lowest BCUT2D eigenvalue weighted by molar-refractivity contribution is 0.600. The molecule has 4 heteroatoms. The molecule has 3 rings (SSSR count). The minimum atomic E-state index is -0.217. The number of anilines is 2. The highest BCUT2D eigenvalue weighted by molar-refractivity contribution is 5.83. The topological polar surface area (TPSA) is 50.9 Å². The van der Waals surface area contributed by atoms with Crippen molar-refractivity contribution in [1.29, 1.82) is 0 Å². The Labute approximate surface area is 122 Å². The maximum Gasteiger partial charge on any atom is 0.128 e. The number of pyridine rings is 1. The first-order valence-electron chi connectivity index (χ1n) is 6.81. The van der Waals surface area contributed by atoms with E-state index in [1.807, 2.05) is 43.3 Å². The van der Waals surface area contributed by atoms with Gasteiger partial charge in [-0.3, -0.25) is 0 Å². The molecule has 106 valence electrons. The highest BCUT2D eigenvalue weighted by Crippen LogP contribution is 2.23. The van der Waals surface area contributed by atoms with E-state index in [-0.39, 0.29) is 11.9 Å². The van der Waals surface area contributed by atoms with Crippen LogP contribution in [0.3, 0.4) is 0 Å². The average Bonchev–Trinajstić information content (AvgIpc) is 2.48. The molecule has 0 spiro atoms. The highest BCUT2D eigenvalue weighted by atomic mass is 19.1. The van der Waals surface area contributed by atoms with Gasteiger partial charge in [0, 0.05) is 16.6 Å². The molecule has 0 saturated heterocycles. The van der Waals surface area contributed by atoms with Gasteiger partial charge in [0.1, 0.15) is 11.6 Å². The number of halogens is 1. The summed E-state index contributed by atoms with van der Waals surface area (Å²) in [5.41, 5.74) is 7.94. The smallest absolute Gasteiger partial charge is 0.128 e. The van der Waals surface area contributed by atoms with Gasteiger partial charge in [-0.05, 0) is 43.3 Å². The molecule has 1 heterocycles. The van der Waals surface area contributed by atoms with Crippen molar-refractivity contribution >= 4 is 22.4 Å². The van der Waals surface area contributed by atoms with Crippen molar-refractivity contribution < 1.29 is 4.39 Å². The Kier molecular flexibility index (Phi) is 3.44. The number of nitrogens with one attached hydrogen (secondary N) is 1. The number of nitrogens with zero attached hydrogens (tertiary/aromatic N) is 1. The van der Waals surface area contributed by atoms with Gasteiger partial charge in [0.05, 0.1) is 11.6 Å². The number of aromatic nitrogens is 1. The number of nitrogen functional groups attached to an aromatic ring is 1. The monoisotopic (exact) mass is 281 g/mol. The molecule has 21 heavy (non-hydrogen) atoms. The van der Waals surface area contributed by atoms with Crippen molar-refractivity contribution in [1.82, 2.24) is 4.98 Å². The van der Waals surface area contributed by atoms with Gasteiger partial charge in [-0.2, -0.15) is 0 Å². The molecule has 0 amide bonds. The van der Waals surface area contributed by atoms with Gasteiger partial charge in [0.15, 0.2) is 0 Å². The fraction of sp³-hybridized carbons (Fsp3) is 0.118. The second kappa shape index (κ2) is 5.40. The van der Waals surface area contributed by atoms with Crippen LogP contribution in [0.4, 0.5) is 15.9 Å². The minimum Gasteiger partial charge on any atom is -0.399 e. The summed E-state index contributed by atoms with van der Waals surface area (Å²) in [7, 11) is 0. The number of rotatable bonds is 3. The zero-order valence-electron chi connectivity index (χ0n) is 11.7. The zero-order chi connectivity index (χ0) is 14.8. The lowest BCUT2D eigenvalue weighted by Crippen LogP contribution is -2.09. The first-order chi connectivity index (χ1) is 10.1. The minimum absolute atomic E-state index is 0.162. The Morgan fingerprint density at radius 1 is 1.10 bits per heavy atom. The predicted octanol–water partition coefficient (Wildman–Crippen LogP) is 4.13. The Morgan fingerprint density at radius 3 is 2.71 bits per heavy atom. The molecular formula is C17H16FN3. The van der Waals surface area contributed by atoms with E-state index in [0.717, 1.165) is 10.9 Å². The summed E-state index contributed by atoms with van der Waals surface area (Å²) in [6.45, 7) is 1.91. The molecule has 0 aliphatic rings. The Bertz CT molecular complexity index is 786. The van der Waals surface area contributed by atoms with E-state index in [1.54, 1.807) is 12.1 Å². The van der Waals surface area contributed by atoms with Crippen LogP contribution in [0, 0.1) is 5.82 Å². The van der Waals surface area contributed by atoms with Crippen LogP contribution in [0.15, 0.2) is 54.6 Å². The van der Waals surface area contributed by atoms with Crippen LogP contribution in [-0.2, 0) is 0 Å². The third kappa shape index (κ3) is 2.79. The Morgan fingerprint density at radius 2 is 1.90 bits per heavy atom. The molecule has 1 unspecified atom stereocenters. The lowest BCUT2D eigenvalue weighted by Gasteiger charge is -2.16. The fourth-order valence-electron chi connectivity index (χ4n) is 2.35. The average molecular weight is 281 g/mol. The van der Waals surface area contributed by atoms with Crippen LogP contribution in [0.2, 0.25) is 0 Å². The summed E-state index contributed by atoms with van der Waals surface area (Å²) in [5, 5.41) is 4.21. The molecule has 0 bridgehead atoms. The van der Waals surface area contributed by atoms with E-state index in [4.69, 9.17) is 5.73 Å². The lowest BCUT2D eigenvalue weighted by atomic mass is 10.1. The Hall–Kier alpha value is -2.62. The van der Waals surface area contributed by atoms with Gasteiger partial charge >= 0.3 is 0 Å². The highest BCUT2D eigenvalue weighted by Gasteiger charge is 2.10. The maximum atomic E-state index is 13.8. The number of fused-ring (bicyclic) bond motifs is 1. The van der Waals surface area contributed by atoms with Gasteiger partial charge in [-0.1, -0.05) is 18.2 Å². The molecule has 3 N–H and O–H groups in total. The number of benzene rings is 2. The molecule has 1 atom stereocenters. The number of hydrogen-bond donors (Lipinski definition) is 2. The molecule has 1 aromatic heterocycles. The third-order valence-electron chi connectivity index (χ3n) is 3.45. The van der Waals surface area contributed by atoms with Gasteiger partial charge in [0.2, 0.25) is 0 Å². The molecule has 2 aromatic carbocycles. The van der Waals surface area contributed by atoms with Gasteiger partial charge in [0.25, 0.3) is 0 Å². The SMILES string of the molecule is CC(Nc1ccc2cc(N)ccc2n1)c1ccccc1F. The molecule has 0 aliphatic heterocycles. The van der Waals surface area contributed by atoms with E-state index in [2.05, 4.69) is 10.3 Å². The van der Waals surface area contributed by atoms with Crippen LogP contribution in [0.5, 0.6) is 0 Å². The van der Waals surface area contributed by atoms with E-state index in [0.29, 0.717) is 17.1 Å². The molecule has 3 nitrogen and oxygen atoms in total. The van der Waals surface area contributed by atoms with Crippen LogP contribution in [-0.4, -0.2) is 4.98 Å². The second-order valence-corrected chi connectivity index (χ2v) is 5.04. The Balaban J connectivity index is 1.88. The fourth-order valence-corrected chi connectivity index (χ4v) is 2.35. The zero-order valence-corrected chi connectivity index (χ0v) is 11.7. The van der Waals surface area contributed by atoms with Gasteiger partial charge in [-0.25, -0.2) is 9.37 Å². The molecule has 0 fully saturated rings. The predicted molar refractivity (Wildman–Crippen MR) is 84.6 cm³/mol. The summed E-state index contributed by atoms with van der Waals surface area (Å²) < 4.78 is 13.8. The largest absolute Gasteiger partial charge is 0.399 e. The maximum absolute atomic E-state index is 13.8. The van der Waals surface area contributed by atoms with Crippen molar-refractivity contribution in [2.75, 3.05) is 11.1 Å².